The van der Waals surface area contributed by atoms with Crippen LogP contribution in [0.3, 0.4) is 0 Å². The minimum absolute atomic E-state index is 0.849. The molecule has 1 aromatic carbocycles. The highest BCUT2D eigenvalue weighted by molar-refractivity contribution is 5.39. The second kappa shape index (κ2) is 12.7. The molecule has 0 heterocycles. The van der Waals surface area contributed by atoms with Crippen LogP contribution >= 0.6 is 0 Å². The van der Waals surface area contributed by atoms with Gasteiger partial charge < -0.3 is 5.73 Å². The number of unbranched alkanes of at least 4 members (excludes halogenated alkanes) is 2. The van der Waals surface area contributed by atoms with Crippen LogP contribution in [0.15, 0.2) is 36.9 Å². The second-order valence-electron chi connectivity index (χ2n) is 5.13. The van der Waals surface area contributed by atoms with Crippen LogP contribution < -0.4 is 5.73 Å². The smallest absolute Gasteiger partial charge is 0.0314 e. The van der Waals surface area contributed by atoms with Gasteiger partial charge in [-0.05, 0) is 50.6 Å². The van der Waals surface area contributed by atoms with Crippen LogP contribution in [0.4, 0.5) is 5.69 Å². The largest absolute Gasteiger partial charge is 0.399 e. The third-order valence-corrected chi connectivity index (χ3v) is 3.00. The van der Waals surface area contributed by atoms with E-state index in [-0.39, 0.29) is 0 Å². The first-order chi connectivity index (χ1) is 9.67. The van der Waals surface area contributed by atoms with Crippen molar-refractivity contribution >= 4 is 5.69 Å². The van der Waals surface area contributed by atoms with Crippen molar-refractivity contribution in [2.24, 2.45) is 0 Å². The van der Waals surface area contributed by atoms with Crippen molar-refractivity contribution in [1.82, 2.24) is 4.90 Å². The van der Waals surface area contributed by atoms with Gasteiger partial charge in [0, 0.05) is 12.2 Å². The SMILES string of the molecule is C=CC.CCCCCN(CCC)Cc1ccc(N)cc1. The summed E-state index contributed by atoms with van der Waals surface area (Å²) in [6.07, 6.45) is 6.91. The van der Waals surface area contributed by atoms with E-state index in [1.54, 1.807) is 6.08 Å². The molecule has 1 aromatic rings. The van der Waals surface area contributed by atoms with Gasteiger partial charge in [-0.2, -0.15) is 0 Å². The lowest BCUT2D eigenvalue weighted by molar-refractivity contribution is 0.260. The molecular weight excluding hydrogens is 244 g/mol. The molecule has 0 radical (unpaired) electrons. The maximum atomic E-state index is 5.70. The molecule has 0 aromatic heterocycles. The van der Waals surface area contributed by atoms with Gasteiger partial charge in [0.2, 0.25) is 0 Å². The predicted octanol–water partition coefficient (Wildman–Crippen LogP) is 4.86. The number of rotatable bonds is 8. The van der Waals surface area contributed by atoms with E-state index in [9.17, 15) is 0 Å². The van der Waals surface area contributed by atoms with Gasteiger partial charge >= 0.3 is 0 Å². The third kappa shape index (κ3) is 9.62. The minimum Gasteiger partial charge on any atom is -0.399 e. The summed E-state index contributed by atoms with van der Waals surface area (Å²) >= 11 is 0. The number of hydrogen-bond donors (Lipinski definition) is 1. The number of benzene rings is 1. The molecule has 0 spiro atoms. The highest BCUT2D eigenvalue weighted by Gasteiger charge is 2.04. The Labute approximate surface area is 125 Å². The molecule has 0 saturated heterocycles. The van der Waals surface area contributed by atoms with E-state index in [2.05, 4.69) is 37.5 Å². The Morgan fingerprint density at radius 2 is 1.65 bits per heavy atom. The van der Waals surface area contributed by atoms with E-state index in [0.717, 1.165) is 12.2 Å². The molecule has 20 heavy (non-hydrogen) atoms. The lowest BCUT2D eigenvalue weighted by Crippen LogP contribution is -2.25. The zero-order valence-electron chi connectivity index (χ0n) is 13.6. The summed E-state index contributed by atoms with van der Waals surface area (Å²) in [5.74, 6) is 0. The molecule has 0 atom stereocenters. The number of hydrogen-bond acceptors (Lipinski definition) is 2. The Hall–Kier alpha value is -1.28. The molecule has 0 saturated carbocycles. The normalized spacial score (nSPS) is 10.0. The van der Waals surface area contributed by atoms with E-state index in [4.69, 9.17) is 5.73 Å². The first kappa shape index (κ1) is 18.7. The molecule has 0 unspecified atom stereocenters. The topological polar surface area (TPSA) is 29.3 Å². The second-order valence-corrected chi connectivity index (χ2v) is 5.13. The standard InChI is InChI=1S/C15H26N2.C3H6/c1-3-5-6-12-17(11-4-2)13-14-7-9-15(16)10-8-14;1-3-2/h7-10H,3-6,11-13,16H2,1-2H3;3H,1H2,2H3. The van der Waals surface area contributed by atoms with Gasteiger partial charge in [0.25, 0.3) is 0 Å². The van der Waals surface area contributed by atoms with Crippen LogP contribution in [-0.2, 0) is 6.54 Å². The molecule has 0 fully saturated rings. The number of nitrogens with two attached hydrogens (primary N) is 1. The van der Waals surface area contributed by atoms with Crippen molar-refractivity contribution in [3.8, 4) is 0 Å². The Bertz CT molecular complexity index is 330. The summed E-state index contributed by atoms with van der Waals surface area (Å²) < 4.78 is 0. The molecule has 0 amide bonds. The van der Waals surface area contributed by atoms with Gasteiger partial charge in [-0.25, -0.2) is 0 Å². The van der Waals surface area contributed by atoms with E-state index in [0.29, 0.717) is 0 Å². The molecule has 2 nitrogen and oxygen atoms in total. The van der Waals surface area contributed by atoms with Gasteiger partial charge in [0.1, 0.15) is 0 Å². The van der Waals surface area contributed by atoms with Crippen LogP contribution in [-0.4, -0.2) is 18.0 Å². The summed E-state index contributed by atoms with van der Waals surface area (Å²) in [7, 11) is 0. The summed E-state index contributed by atoms with van der Waals surface area (Å²) in [4.78, 5) is 2.54. The zero-order chi connectivity index (χ0) is 15.2. The van der Waals surface area contributed by atoms with Gasteiger partial charge in [-0.15, -0.1) is 6.58 Å². The average Bonchev–Trinajstić information content (AvgIpc) is 2.43. The maximum absolute atomic E-state index is 5.70. The maximum Gasteiger partial charge on any atom is 0.0314 e. The van der Waals surface area contributed by atoms with Crippen molar-refractivity contribution in [3.63, 3.8) is 0 Å². The lowest BCUT2D eigenvalue weighted by atomic mass is 10.1. The van der Waals surface area contributed by atoms with E-state index in [1.165, 1.54) is 44.3 Å². The monoisotopic (exact) mass is 276 g/mol. The number of nitrogen functional groups attached to an aromatic ring is 1. The van der Waals surface area contributed by atoms with Gasteiger partial charge in [0.05, 0.1) is 0 Å². The lowest BCUT2D eigenvalue weighted by Gasteiger charge is -2.21. The zero-order valence-corrected chi connectivity index (χ0v) is 13.6. The van der Waals surface area contributed by atoms with Crippen molar-refractivity contribution in [2.45, 2.75) is 53.0 Å². The fourth-order valence-electron chi connectivity index (χ4n) is 2.05. The van der Waals surface area contributed by atoms with Crippen molar-refractivity contribution in [3.05, 3.63) is 42.5 Å². The molecule has 0 aliphatic heterocycles. The quantitative estimate of drug-likeness (QED) is 0.417. The number of allylic oxidation sites excluding steroid dienone is 1. The van der Waals surface area contributed by atoms with E-state index in [1.807, 2.05) is 19.1 Å². The molecule has 2 heteroatoms. The minimum atomic E-state index is 0.849. The number of nitrogens with zero attached hydrogens (tertiary/aromatic N) is 1. The molecule has 0 aliphatic carbocycles. The van der Waals surface area contributed by atoms with Crippen LogP contribution in [0.2, 0.25) is 0 Å². The van der Waals surface area contributed by atoms with Gasteiger partial charge in [0.15, 0.2) is 0 Å². The Morgan fingerprint density at radius 1 is 1.05 bits per heavy atom. The first-order valence-corrected chi connectivity index (χ1v) is 7.81. The third-order valence-electron chi connectivity index (χ3n) is 3.00. The predicted molar refractivity (Wildman–Crippen MR) is 91.8 cm³/mol. The van der Waals surface area contributed by atoms with Crippen LogP contribution in [0.5, 0.6) is 0 Å². The first-order valence-electron chi connectivity index (χ1n) is 7.81. The number of anilines is 1. The van der Waals surface area contributed by atoms with Gasteiger partial charge in [-0.1, -0.05) is 44.9 Å². The van der Waals surface area contributed by atoms with Gasteiger partial charge in [-0.3, -0.25) is 4.90 Å². The summed E-state index contributed by atoms with van der Waals surface area (Å²) in [6, 6.07) is 8.26. The van der Waals surface area contributed by atoms with Crippen LogP contribution in [0.1, 0.15) is 52.0 Å². The Balaban J connectivity index is 0.00000110. The molecule has 114 valence electrons. The molecule has 0 bridgehead atoms. The molecule has 2 N–H and O–H groups in total. The van der Waals surface area contributed by atoms with Crippen molar-refractivity contribution in [2.75, 3.05) is 18.8 Å². The van der Waals surface area contributed by atoms with Crippen LogP contribution in [0, 0.1) is 0 Å². The molecule has 1 rings (SSSR count). The fraction of sp³-hybridized carbons (Fsp3) is 0.556. The Morgan fingerprint density at radius 3 is 2.15 bits per heavy atom. The van der Waals surface area contributed by atoms with E-state index >= 15 is 0 Å². The van der Waals surface area contributed by atoms with Crippen molar-refractivity contribution in [1.29, 1.82) is 0 Å². The van der Waals surface area contributed by atoms with Crippen molar-refractivity contribution < 1.29 is 0 Å². The Kier molecular flexibility index (Phi) is 11.9. The average molecular weight is 276 g/mol. The fourth-order valence-corrected chi connectivity index (χ4v) is 2.05. The summed E-state index contributed by atoms with van der Waals surface area (Å²) in [6.45, 7) is 13.2. The summed E-state index contributed by atoms with van der Waals surface area (Å²) in [5.41, 5.74) is 7.91. The highest BCUT2D eigenvalue weighted by atomic mass is 15.1. The van der Waals surface area contributed by atoms with Crippen LogP contribution in [0.25, 0.3) is 0 Å². The molecular formula is C18H32N2. The molecule has 0 aliphatic rings. The van der Waals surface area contributed by atoms with E-state index < -0.39 is 0 Å². The summed E-state index contributed by atoms with van der Waals surface area (Å²) in [5, 5.41) is 0. The highest BCUT2D eigenvalue weighted by Crippen LogP contribution is 2.10.